The summed E-state index contributed by atoms with van der Waals surface area (Å²) in [6.45, 7) is 2.57. The van der Waals surface area contributed by atoms with Crippen LogP contribution in [0.25, 0.3) is 0 Å². The zero-order valence-corrected chi connectivity index (χ0v) is 15.0. The Bertz CT molecular complexity index is 754. The monoisotopic (exact) mass is 350 g/mol. The maximum absolute atomic E-state index is 12.9. The molecule has 0 aliphatic carbocycles. The molecule has 0 aromatic heterocycles. The molecule has 1 fully saturated rings. The lowest BCUT2D eigenvalue weighted by Gasteiger charge is -2.27. The molecule has 2 heterocycles. The fraction of sp³-hybridized carbons (Fsp3) is 0.409. The zero-order valence-electron chi connectivity index (χ0n) is 15.0. The van der Waals surface area contributed by atoms with E-state index in [0.717, 1.165) is 62.3 Å². The molecule has 0 radical (unpaired) electrons. The van der Waals surface area contributed by atoms with Crippen LogP contribution in [-0.2, 0) is 11.2 Å². The minimum atomic E-state index is -0.127. The van der Waals surface area contributed by atoms with Gasteiger partial charge in [0.2, 0.25) is 5.91 Å². The first-order valence-corrected chi connectivity index (χ1v) is 9.63. The van der Waals surface area contributed by atoms with E-state index in [1.54, 1.807) is 0 Å². The molecule has 2 aromatic carbocycles. The van der Waals surface area contributed by atoms with Crippen LogP contribution in [0.1, 0.15) is 42.0 Å². The second-order valence-electron chi connectivity index (χ2n) is 7.21. The molecular formula is C22H26N2O2. The van der Waals surface area contributed by atoms with Gasteiger partial charge in [0.25, 0.3) is 0 Å². The van der Waals surface area contributed by atoms with Crippen LogP contribution in [0.15, 0.2) is 48.5 Å². The van der Waals surface area contributed by atoms with Gasteiger partial charge in [0.1, 0.15) is 5.75 Å². The van der Waals surface area contributed by atoms with Crippen molar-refractivity contribution >= 4 is 5.91 Å². The molecule has 4 rings (SSSR count). The molecule has 26 heavy (non-hydrogen) atoms. The number of aryl methyl sites for hydroxylation is 1. The second kappa shape index (κ2) is 7.92. The van der Waals surface area contributed by atoms with E-state index in [4.69, 9.17) is 4.74 Å². The predicted molar refractivity (Wildman–Crippen MR) is 102 cm³/mol. The van der Waals surface area contributed by atoms with Crippen LogP contribution < -0.4 is 15.4 Å². The molecule has 2 atom stereocenters. The van der Waals surface area contributed by atoms with Crippen molar-refractivity contribution in [2.45, 2.75) is 31.7 Å². The Labute approximate surface area is 155 Å². The molecule has 4 nitrogen and oxygen atoms in total. The number of amides is 1. The summed E-state index contributed by atoms with van der Waals surface area (Å²) in [6.07, 6.45) is 4.10. The lowest BCUT2D eigenvalue weighted by Crippen LogP contribution is -2.42. The number of nitrogens with one attached hydrogen (secondary N) is 2. The summed E-state index contributed by atoms with van der Waals surface area (Å²) in [5.74, 6) is 1.17. The first-order valence-electron chi connectivity index (χ1n) is 9.63. The van der Waals surface area contributed by atoms with Gasteiger partial charge in [0.15, 0.2) is 0 Å². The van der Waals surface area contributed by atoms with Crippen molar-refractivity contribution in [3.05, 3.63) is 65.2 Å². The number of hydrogen-bond acceptors (Lipinski definition) is 3. The molecule has 1 saturated heterocycles. The van der Waals surface area contributed by atoms with Crippen molar-refractivity contribution in [3.8, 4) is 5.75 Å². The summed E-state index contributed by atoms with van der Waals surface area (Å²) in [6, 6.07) is 16.4. The van der Waals surface area contributed by atoms with Gasteiger partial charge < -0.3 is 15.4 Å². The number of carbonyl (C=O) groups excluding carboxylic acids is 1. The second-order valence-corrected chi connectivity index (χ2v) is 7.21. The molecule has 0 bridgehead atoms. The normalized spacial score (nSPS) is 20.5. The largest absolute Gasteiger partial charge is 0.493 e. The Morgan fingerprint density at radius 2 is 2.00 bits per heavy atom. The highest BCUT2D eigenvalue weighted by molar-refractivity contribution is 5.80. The van der Waals surface area contributed by atoms with E-state index in [1.807, 2.05) is 24.3 Å². The Balaban J connectivity index is 1.62. The average Bonchev–Trinajstić information content (AvgIpc) is 2.73. The van der Waals surface area contributed by atoms with Crippen molar-refractivity contribution in [3.63, 3.8) is 0 Å². The smallest absolute Gasteiger partial charge is 0.225 e. The van der Waals surface area contributed by atoms with Gasteiger partial charge in [-0.25, -0.2) is 0 Å². The van der Waals surface area contributed by atoms with Crippen molar-refractivity contribution in [1.82, 2.24) is 10.6 Å². The molecule has 0 saturated carbocycles. The maximum Gasteiger partial charge on any atom is 0.225 e. The van der Waals surface area contributed by atoms with E-state index in [1.165, 1.54) is 5.56 Å². The molecule has 2 aliphatic heterocycles. The maximum atomic E-state index is 12.9. The summed E-state index contributed by atoms with van der Waals surface area (Å²) in [5.41, 5.74) is 3.47. The van der Waals surface area contributed by atoms with Gasteiger partial charge in [-0.3, -0.25) is 4.79 Å². The van der Waals surface area contributed by atoms with E-state index in [-0.39, 0.29) is 17.9 Å². The van der Waals surface area contributed by atoms with Crippen molar-refractivity contribution in [1.29, 1.82) is 0 Å². The summed E-state index contributed by atoms with van der Waals surface area (Å²) < 4.78 is 5.74. The zero-order chi connectivity index (χ0) is 17.8. The van der Waals surface area contributed by atoms with Gasteiger partial charge in [-0.1, -0.05) is 36.4 Å². The van der Waals surface area contributed by atoms with Crippen molar-refractivity contribution in [2.75, 3.05) is 19.7 Å². The fourth-order valence-corrected chi connectivity index (χ4v) is 3.90. The third-order valence-electron chi connectivity index (χ3n) is 5.35. The number of ether oxygens (including phenoxy) is 1. The Morgan fingerprint density at radius 3 is 2.81 bits per heavy atom. The molecule has 136 valence electrons. The van der Waals surface area contributed by atoms with Gasteiger partial charge in [0.05, 0.1) is 18.6 Å². The average molecular weight is 350 g/mol. The number of hydrogen-bond donors (Lipinski definition) is 2. The first kappa shape index (κ1) is 17.1. The minimum absolute atomic E-state index is 0.0518. The lowest BCUT2D eigenvalue weighted by molar-refractivity contribution is -0.126. The van der Waals surface area contributed by atoms with Gasteiger partial charge in [0, 0.05) is 6.54 Å². The summed E-state index contributed by atoms with van der Waals surface area (Å²) in [4.78, 5) is 12.9. The third-order valence-corrected chi connectivity index (χ3v) is 5.35. The molecule has 2 aromatic rings. The quantitative estimate of drug-likeness (QED) is 0.890. The van der Waals surface area contributed by atoms with Crippen molar-refractivity contribution in [2.24, 2.45) is 5.92 Å². The molecule has 2 N–H and O–H groups in total. The number of benzene rings is 2. The molecule has 1 amide bonds. The van der Waals surface area contributed by atoms with E-state index in [0.29, 0.717) is 0 Å². The topological polar surface area (TPSA) is 50.4 Å². The summed E-state index contributed by atoms with van der Waals surface area (Å²) >= 11 is 0. The SMILES string of the molecule is O=C(NC(c1ccccc1)c1ccc2c(c1)CCCO2)C1CCCNC1. The van der Waals surface area contributed by atoms with Crippen LogP contribution in [0, 0.1) is 5.92 Å². The Hall–Kier alpha value is -2.33. The van der Waals surface area contributed by atoms with Gasteiger partial charge in [-0.2, -0.15) is 0 Å². The minimum Gasteiger partial charge on any atom is -0.493 e. The lowest BCUT2D eigenvalue weighted by atomic mass is 9.93. The number of piperidine rings is 1. The fourth-order valence-electron chi connectivity index (χ4n) is 3.90. The van der Waals surface area contributed by atoms with E-state index >= 15 is 0 Å². The highest BCUT2D eigenvalue weighted by Crippen LogP contribution is 2.30. The number of fused-ring (bicyclic) bond motifs is 1. The predicted octanol–water partition coefficient (Wildman–Crippen LogP) is 3.22. The van der Waals surface area contributed by atoms with Gasteiger partial charge >= 0.3 is 0 Å². The van der Waals surface area contributed by atoms with E-state index < -0.39 is 0 Å². The van der Waals surface area contributed by atoms with Gasteiger partial charge in [-0.05, 0) is 61.1 Å². The molecule has 2 aliphatic rings. The highest BCUT2D eigenvalue weighted by Gasteiger charge is 2.25. The third kappa shape index (κ3) is 3.75. The van der Waals surface area contributed by atoms with Gasteiger partial charge in [-0.15, -0.1) is 0 Å². The molecule has 4 heteroatoms. The van der Waals surface area contributed by atoms with Crippen LogP contribution in [0.2, 0.25) is 0 Å². The van der Waals surface area contributed by atoms with Crippen LogP contribution >= 0.6 is 0 Å². The molecule has 2 unspecified atom stereocenters. The van der Waals surface area contributed by atoms with Crippen LogP contribution in [0.3, 0.4) is 0 Å². The van der Waals surface area contributed by atoms with Crippen LogP contribution in [0.5, 0.6) is 5.75 Å². The summed E-state index contributed by atoms with van der Waals surface area (Å²) in [7, 11) is 0. The van der Waals surface area contributed by atoms with Crippen molar-refractivity contribution < 1.29 is 9.53 Å². The molecule has 0 spiro atoms. The number of rotatable bonds is 4. The Morgan fingerprint density at radius 1 is 1.12 bits per heavy atom. The van der Waals surface area contributed by atoms with Crippen LogP contribution in [0.4, 0.5) is 0 Å². The van der Waals surface area contributed by atoms with E-state index in [9.17, 15) is 4.79 Å². The number of carbonyl (C=O) groups is 1. The van der Waals surface area contributed by atoms with E-state index in [2.05, 4.69) is 34.9 Å². The molecular weight excluding hydrogens is 324 g/mol. The summed E-state index contributed by atoms with van der Waals surface area (Å²) in [5, 5.41) is 6.64. The standard InChI is InChI=1S/C22H26N2O2/c25-22(19-8-4-12-23-15-19)24-21(16-6-2-1-3-7-16)18-10-11-20-17(14-18)9-5-13-26-20/h1-3,6-7,10-11,14,19,21,23H,4-5,8-9,12-13,15H2,(H,24,25). The van der Waals surface area contributed by atoms with Crippen LogP contribution in [-0.4, -0.2) is 25.6 Å². The Kier molecular flexibility index (Phi) is 5.21. The highest BCUT2D eigenvalue weighted by atomic mass is 16.5. The first-order chi connectivity index (χ1) is 12.8.